The molecular weight excluding hydrogens is 279 g/mol. The Hall–Kier alpha value is -1.50. The summed E-state index contributed by atoms with van der Waals surface area (Å²) in [7, 11) is 0. The van der Waals surface area contributed by atoms with Crippen molar-refractivity contribution in [2.45, 2.75) is 24.0 Å². The molecule has 0 radical (unpaired) electrons. The zero-order valence-corrected chi connectivity index (χ0v) is 11.1. The van der Waals surface area contributed by atoms with Gasteiger partial charge in [-0.3, -0.25) is 9.59 Å². The highest BCUT2D eigenvalue weighted by atomic mass is 32.2. The van der Waals surface area contributed by atoms with Crippen LogP contribution in [-0.4, -0.2) is 30.2 Å². The van der Waals surface area contributed by atoms with E-state index in [4.69, 9.17) is 0 Å². The van der Waals surface area contributed by atoms with Crippen LogP contribution in [0.1, 0.15) is 17.3 Å². The van der Waals surface area contributed by atoms with Crippen LogP contribution in [0.3, 0.4) is 0 Å². The van der Waals surface area contributed by atoms with Crippen molar-refractivity contribution in [3.63, 3.8) is 0 Å². The highest BCUT2D eigenvalue weighted by Gasteiger charge is 2.40. The van der Waals surface area contributed by atoms with Gasteiger partial charge in [0.15, 0.2) is 5.78 Å². The molecule has 0 heterocycles. The standard InChI is InChI=1S/C12H12F3NO2S/c1-7(16-11(18)12(13,14)15)10(17)8-3-5-9(19-2)6-4-8/h3-7H,1-2H3,(H,16,18). The SMILES string of the molecule is CSc1ccc(C(=O)C(C)NC(=O)C(F)(F)F)cc1. The molecule has 0 fully saturated rings. The van der Waals surface area contributed by atoms with Gasteiger partial charge >= 0.3 is 12.1 Å². The van der Waals surface area contributed by atoms with E-state index in [1.54, 1.807) is 17.4 Å². The Balaban J connectivity index is 2.74. The number of ketones is 1. The third kappa shape index (κ3) is 4.27. The van der Waals surface area contributed by atoms with Crippen molar-refractivity contribution in [3.8, 4) is 0 Å². The molecule has 0 aliphatic carbocycles. The van der Waals surface area contributed by atoms with Crippen LogP contribution in [0.5, 0.6) is 0 Å². The number of hydrogen-bond acceptors (Lipinski definition) is 3. The van der Waals surface area contributed by atoms with Gasteiger partial charge in [-0.1, -0.05) is 12.1 Å². The van der Waals surface area contributed by atoms with E-state index in [0.717, 1.165) is 4.90 Å². The van der Waals surface area contributed by atoms with Crippen LogP contribution >= 0.6 is 11.8 Å². The van der Waals surface area contributed by atoms with Gasteiger partial charge in [0.1, 0.15) is 0 Å². The molecule has 104 valence electrons. The van der Waals surface area contributed by atoms with Crippen LogP contribution in [0.4, 0.5) is 13.2 Å². The summed E-state index contributed by atoms with van der Waals surface area (Å²) in [6.45, 7) is 1.22. The molecule has 0 aromatic heterocycles. The Labute approximate surface area is 112 Å². The van der Waals surface area contributed by atoms with Crippen molar-refractivity contribution in [2.24, 2.45) is 0 Å². The van der Waals surface area contributed by atoms with Crippen molar-refractivity contribution >= 4 is 23.5 Å². The second-order valence-corrected chi connectivity index (χ2v) is 4.67. The summed E-state index contributed by atoms with van der Waals surface area (Å²) in [5.74, 6) is -2.68. The summed E-state index contributed by atoms with van der Waals surface area (Å²) in [4.78, 5) is 23.5. The van der Waals surface area contributed by atoms with Gasteiger partial charge < -0.3 is 5.32 Å². The maximum atomic E-state index is 12.0. The molecule has 0 bridgehead atoms. The summed E-state index contributed by atoms with van der Waals surface area (Å²) >= 11 is 1.48. The zero-order valence-electron chi connectivity index (χ0n) is 10.2. The summed E-state index contributed by atoms with van der Waals surface area (Å²) in [6.07, 6.45) is -3.12. The lowest BCUT2D eigenvalue weighted by atomic mass is 10.1. The van der Waals surface area contributed by atoms with E-state index in [2.05, 4.69) is 0 Å². The number of Topliss-reactive ketones (excluding diaryl/α,β-unsaturated/α-hetero) is 1. The molecule has 1 amide bonds. The predicted octanol–water partition coefficient (Wildman–Crippen LogP) is 2.66. The number of benzene rings is 1. The topological polar surface area (TPSA) is 46.2 Å². The Morgan fingerprint density at radius 3 is 2.16 bits per heavy atom. The molecule has 1 N–H and O–H groups in total. The maximum Gasteiger partial charge on any atom is 0.471 e. The predicted molar refractivity (Wildman–Crippen MR) is 66.2 cm³/mol. The van der Waals surface area contributed by atoms with Gasteiger partial charge in [-0.05, 0) is 25.3 Å². The quantitative estimate of drug-likeness (QED) is 0.685. The smallest absolute Gasteiger partial charge is 0.338 e. The second-order valence-electron chi connectivity index (χ2n) is 3.79. The van der Waals surface area contributed by atoms with Crippen LogP contribution in [-0.2, 0) is 4.79 Å². The van der Waals surface area contributed by atoms with Gasteiger partial charge in [0.25, 0.3) is 0 Å². The van der Waals surface area contributed by atoms with Crippen LogP contribution in [0.25, 0.3) is 0 Å². The second kappa shape index (κ2) is 6.10. The lowest BCUT2D eigenvalue weighted by Crippen LogP contribution is -2.45. The molecule has 7 heteroatoms. The minimum absolute atomic E-state index is 0.257. The van der Waals surface area contributed by atoms with Crippen LogP contribution < -0.4 is 5.32 Å². The summed E-state index contributed by atoms with van der Waals surface area (Å²) < 4.78 is 36.1. The minimum atomic E-state index is -4.99. The highest BCUT2D eigenvalue weighted by Crippen LogP contribution is 2.17. The van der Waals surface area contributed by atoms with Gasteiger partial charge in [-0.15, -0.1) is 11.8 Å². The Kier molecular flexibility index (Phi) is 4.99. The minimum Gasteiger partial charge on any atom is -0.338 e. The number of alkyl halides is 3. The van der Waals surface area contributed by atoms with Gasteiger partial charge in [0.2, 0.25) is 0 Å². The molecule has 0 saturated carbocycles. The van der Waals surface area contributed by atoms with E-state index in [9.17, 15) is 22.8 Å². The molecule has 1 rings (SSSR count). The Morgan fingerprint density at radius 2 is 1.74 bits per heavy atom. The monoisotopic (exact) mass is 291 g/mol. The number of carbonyl (C=O) groups is 2. The van der Waals surface area contributed by atoms with E-state index in [1.165, 1.54) is 30.8 Å². The number of halogens is 3. The third-order valence-electron chi connectivity index (χ3n) is 2.37. The molecule has 0 aliphatic heterocycles. The lowest BCUT2D eigenvalue weighted by Gasteiger charge is -2.14. The molecule has 0 saturated heterocycles. The van der Waals surface area contributed by atoms with Crippen LogP contribution in [0.15, 0.2) is 29.2 Å². The molecule has 1 aromatic rings. The average Bonchev–Trinajstić information content (AvgIpc) is 2.36. The Morgan fingerprint density at radius 1 is 1.21 bits per heavy atom. The molecule has 3 nitrogen and oxygen atoms in total. The Bertz CT molecular complexity index is 471. The van der Waals surface area contributed by atoms with Gasteiger partial charge in [0, 0.05) is 10.5 Å². The first-order valence-electron chi connectivity index (χ1n) is 5.31. The lowest BCUT2D eigenvalue weighted by molar-refractivity contribution is -0.173. The fraction of sp³-hybridized carbons (Fsp3) is 0.333. The van der Waals surface area contributed by atoms with E-state index < -0.39 is 23.9 Å². The first-order chi connectivity index (χ1) is 8.75. The first-order valence-corrected chi connectivity index (χ1v) is 6.54. The number of amides is 1. The number of nitrogens with one attached hydrogen (secondary N) is 1. The van der Waals surface area contributed by atoms with Crippen LogP contribution in [0.2, 0.25) is 0 Å². The molecule has 0 spiro atoms. The van der Waals surface area contributed by atoms with E-state index in [1.807, 2.05) is 6.26 Å². The summed E-state index contributed by atoms with van der Waals surface area (Å²) in [5.41, 5.74) is 0.257. The van der Waals surface area contributed by atoms with E-state index in [0.29, 0.717) is 0 Å². The fourth-order valence-corrected chi connectivity index (χ4v) is 1.76. The molecule has 0 aliphatic rings. The number of hydrogen-bond donors (Lipinski definition) is 1. The number of rotatable bonds is 4. The van der Waals surface area contributed by atoms with Crippen molar-refractivity contribution in [2.75, 3.05) is 6.26 Å². The van der Waals surface area contributed by atoms with Gasteiger partial charge in [-0.25, -0.2) is 0 Å². The van der Waals surface area contributed by atoms with Gasteiger partial charge in [-0.2, -0.15) is 13.2 Å². The largest absolute Gasteiger partial charge is 0.471 e. The number of thioether (sulfide) groups is 1. The highest BCUT2D eigenvalue weighted by molar-refractivity contribution is 7.98. The number of carbonyl (C=O) groups excluding carboxylic acids is 2. The fourth-order valence-electron chi connectivity index (χ4n) is 1.35. The normalized spacial score (nSPS) is 12.9. The summed E-state index contributed by atoms with van der Waals surface area (Å²) in [6, 6.07) is 5.19. The van der Waals surface area contributed by atoms with E-state index in [-0.39, 0.29) is 5.56 Å². The average molecular weight is 291 g/mol. The maximum absolute atomic E-state index is 12.0. The molecule has 19 heavy (non-hydrogen) atoms. The van der Waals surface area contributed by atoms with E-state index >= 15 is 0 Å². The molecule has 1 atom stereocenters. The van der Waals surface area contributed by atoms with Crippen LogP contribution in [0, 0.1) is 0 Å². The molecular formula is C12H12F3NO2S. The van der Waals surface area contributed by atoms with Crippen molar-refractivity contribution in [3.05, 3.63) is 29.8 Å². The summed E-state index contributed by atoms with van der Waals surface area (Å²) in [5, 5.41) is 1.63. The van der Waals surface area contributed by atoms with Crippen molar-refractivity contribution in [1.29, 1.82) is 0 Å². The zero-order chi connectivity index (χ0) is 14.6. The van der Waals surface area contributed by atoms with Crippen molar-refractivity contribution < 1.29 is 22.8 Å². The van der Waals surface area contributed by atoms with Gasteiger partial charge in [0.05, 0.1) is 6.04 Å². The first kappa shape index (κ1) is 15.6. The molecule has 1 aromatic carbocycles. The molecule has 1 unspecified atom stereocenters. The van der Waals surface area contributed by atoms with Crippen molar-refractivity contribution in [1.82, 2.24) is 5.32 Å². The third-order valence-corrected chi connectivity index (χ3v) is 3.12.